The molecule has 0 aromatic heterocycles. The molecule has 0 bridgehead atoms. The van der Waals surface area contributed by atoms with Crippen molar-refractivity contribution in [2.75, 3.05) is 7.11 Å². The van der Waals surface area contributed by atoms with Gasteiger partial charge in [0.05, 0.1) is 29.3 Å². The van der Waals surface area contributed by atoms with E-state index in [1.165, 1.54) is 12.8 Å². The van der Waals surface area contributed by atoms with Crippen molar-refractivity contribution in [3.05, 3.63) is 69.3 Å². The number of carbonyl (C=O) groups excluding carboxylic acids is 1. The lowest BCUT2D eigenvalue weighted by Gasteiger charge is -2.31. The smallest absolute Gasteiger partial charge is 0.251 e. The number of amides is 1. The number of rotatable bonds is 7. The van der Waals surface area contributed by atoms with Gasteiger partial charge in [0.1, 0.15) is 0 Å². The average molecular weight is 530 g/mol. The monoisotopic (exact) mass is 529 g/mol. The predicted molar refractivity (Wildman–Crippen MR) is 136 cm³/mol. The third kappa shape index (κ3) is 5.50. The number of nitrogens with one attached hydrogen (secondary N) is 3. The SMILES string of the molecule is COc1cc(C2NC(=S)NC(C)=C2C(=O)NCc2ccccc2)cc(Br)c1OC1CCCC1. The fourth-order valence-electron chi connectivity index (χ4n) is 4.31. The molecule has 1 unspecified atom stereocenters. The van der Waals surface area contributed by atoms with Gasteiger partial charge in [-0.3, -0.25) is 4.79 Å². The molecule has 1 heterocycles. The second-order valence-corrected chi connectivity index (χ2v) is 9.56. The van der Waals surface area contributed by atoms with Crippen molar-refractivity contribution in [1.29, 1.82) is 0 Å². The predicted octanol–water partition coefficient (Wildman–Crippen LogP) is 4.89. The second kappa shape index (κ2) is 10.6. The molecule has 6 nitrogen and oxygen atoms in total. The van der Waals surface area contributed by atoms with Crippen molar-refractivity contribution in [2.24, 2.45) is 0 Å². The lowest BCUT2D eigenvalue weighted by atomic mass is 9.94. The van der Waals surface area contributed by atoms with E-state index in [2.05, 4.69) is 31.9 Å². The van der Waals surface area contributed by atoms with Crippen LogP contribution in [0.2, 0.25) is 0 Å². The van der Waals surface area contributed by atoms with E-state index in [4.69, 9.17) is 21.7 Å². The molecule has 174 valence electrons. The number of methoxy groups -OCH3 is 1. The normalized spacial score (nSPS) is 18.5. The Morgan fingerprint density at radius 3 is 2.64 bits per heavy atom. The van der Waals surface area contributed by atoms with Crippen LogP contribution in [0.1, 0.15) is 49.8 Å². The van der Waals surface area contributed by atoms with Crippen LogP contribution in [0.15, 0.2) is 58.2 Å². The van der Waals surface area contributed by atoms with Crippen molar-refractivity contribution in [3.8, 4) is 11.5 Å². The minimum atomic E-state index is -0.430. The number of carbonyl (C=O) groups is 1. The molecule has 4 rings (SSSR count). The number of thiocarbonyl (C=S) groups is 1. The molecular formula is C25H28BrN3O3S. The van der Waals surface area contributed by atoms with Gasteiger partial charge in [0, 0.05) is 12.2 Å². The Hall–Kier alpha value is -2.58. The Kier molecular flexibility index (Phi) is 7.55. The first kappa shape index (κ1) is 23.6. The van der Waals surface area contributed by atoms with Gasteiger partial charge in [-0.25, -0.2) is 0 Å². The highest BCUT2D eigenvalue weighted by Crippen LogP contribution is 2.42. The van der Waals surface area contributed by atoms with E-state index >= 15 is 0 Å². The summed E-state index contributed by atoms with van der Waals surface area (Å²) >= 11 is 9.06. The van der Waals surface area contributed by atoms with Gasteiger partial charge >= 0.3 is 0 Å². The maximum absolute atomic E-state index is 13.2. The molecule has 2 aromatic carbocycles. The average Bonchev–Trinajstić information content (AvgIpc) is 3.32. The lowest BCUT2D eigenvalue weighted by molar-refractivity contribution is -0.118. The third-order valence-corrected chi connectivity index (χ3v) is 6.79. The summed E-state index contributed by atoms with van der Waals surface area (Å²) in [6, 6.07) is 13.3. The van der Waals surface area contributed by atoms with Gasteiger partial charge in [0.25, 0.3) is 5.91 Å². The van der Waals surface area contributed by atoms with E-state index in [1.54, 1.807) is 7.11 Å². The molecule has 0 saturated heterocycles. The molecule has 1 atom stereocenters. The fraction of sp³-hybridized carbons (Fsp3) is 0.360. The summed E-state index contributed by atoms with van der Waals surface area (Å²) in [5.41, 5.74) is 3.19. The molecule has 1 fully saturated rings. The van der Waals surface area contributed by atoms with Gasteiger partial charge in [-0.15, -0.1) is 0 Å². The number of allylic oxidation sites excluding steroid dienone is 1. The van der Waals surface area contributed by atoms with Crippen molar-refractivity contribution in [3.63, 3.8) is 0 Å². The summed E-state index contributed by atoms with van der Waals surface area (Å²) in [7, 11) is 1.63. The van der Waals surface area contributed by atoms with Crippen LogP contribution in [-0.4, -0.2) is 24.2 Å². The Balaban J connectivity index is 1.62. The Bertz CT molecular complexity index is 1070. The Morgan fingerprint density at radius 1 is 1.21 bits per heavy atom. The van der Waals surface area contributed by atoms with E-state index < -0.39 is 6.04 Å². The Labute approximate surface area is 208 Å². The maximum Gasteiger partial charge on any atom is 0.251 e. The van der Waals surface area contributed by atoms with Gasteiger partial charge in [0.2, 0.25) is 0 Å². The highest BCUT2D eigenvalue weighted by molar-refractivity contribution is 9.10. The zero-order valence-corrected chi connectivity index (χ0v) is 21.1. The van der Waals surface area contributed by atoms with Crippen LogP contribution in [-0.2, 0) is 11.3 Å². The van der Waals surface area contributed by atoms with Gasteiger partial charge < -0.3 is 25.4 Å². The zero-order valence-electron chi connectivity index (χ0n) is 18.7. The van der Waals surface area contributed by atoms with Gasteiger partial charge in [0.15, 0.2) is 16.6 Å². The molecule has 1 aliphatic heterocycles. The van der Waals surface area contributed by atoms with E-state index in [0.717, 1.165) is 34.1 Å². The summed E-state index contributed by atoms with van der Waals surface area (Å²) in [4.78, 5) is 13.2. The van der Waals surface area contributed by atoms with Gasteiger partial charge in [-0.1, -0.05) is 30.3 Å². The van der Waals surface area contributed by atoms with Crippen molar-refractivity contribution in [1.82, 2.24) is 16.0 Å². The van der Waals surface area contributed by atoms with E-state index in [-0.39, 0.29) is 12.0 Å². The highest BCUT2D eigenvalue weighted by atomic mass is 79.9. The summed E-state index contributed by atoms with van der Waals surface area (Å²) in [6.07, 6.45) is 4.67. The first-order valence-electron chi connectivity index (χ1n) is 11.1. The standard InChI is InChI=1S/C25H28BrN3O3S/c1-15-21(24(30)27-14-16-8-4-3-5-9-16)22(29-25(33)28-15)17-12-19(26)23(20(13-17)31-2)32-18-10-6-7-11-18/h3-5,8-9,12-13,18,22H,6-7,10-11,14H2,1-2H3,(H,27,30)(H2,28,29,33). The van der Waals surface area contributed by atoms with Crippen molar-refractivity contribution < 1.29 is 14.3 Å². The minimum Gasteiger partial charge on any atom is -0.493 e. The van der Waals surface area contributed by atoms with Gasteiger partial charge in [-0.05, 0) is 84.0 Å². The fourth-order valence-corrected chi connectivity index (χ4v) is 5.14. The molecule has 1 amide bonds. The highest BCUT2D eigenvalue weighted by Gasteiger charge is 2.31. The van der Waals surface area contributed by atoms with Crippen LogP contribution in [0.4, 0.5) is 0 Å². The molecule has 1 saturated carbocycles. The number of hydrogen-bond donors (Lipinski definition) is 3. The number of hydrogen-bond acceptors (Lipinski definition) is 4. The topological polar surface area (TPSA) is 71.6 Å². The number of benzene rings is 2. The zero-order chi connectivity index (χ0) is 23.4. The van der Waals surface area contributed by atoms with Crippen LogP contribution in [0.3, 0.4) is 0 Å². The van der Waals surface area contributed by atoms with Crippen LogP contribution in [0.5, 0.6) is 11.5 Å². The lowest BCUT2D eigenvalue weighted by Crippen LogP contribution is -2.46. The van der Waals surface area contributed by atoms with Crippen LogP contribution in [0.25, 0.3) is 0 Å². The van der Waals surface area contributed by atoms with Gasteiger partial charge in [-0.2, -0.15) is 0 Å². The Morgan fingerprint density at radius 2 is 1.94 bits per heavy atom. The minimum absolute atomic E-state index is 0.162. The molecule has 1 aliphatic carbocycles. The van der Waals surface area contributed by atoms with Crippen LogP contribution >= 0.6 is 28.1 Å². The molecule has 2 aliphatic rings. The molecule has 33 heavy (non-hydrogen) atoms. The van der Waals surface area contributed by atoms with E-state index in [0.29, 0.717) is 28.7 Å². The maximum atomic E-state index is 13.2. The summed E-state index contributed by atoms with van der Waals surface area (Å²) in [5.74, 6) is 1.16. The molecule has 3 N–H and O–H groups in total. The largest absolute Gasteiger partial charge is 0.493 e. The molecule has 0 radical (unpaired) electrons. The first-order chi connectivity index (χ1) is 16.0. The number of ether oxygens (including phenoxy) is 2. The molecule has 8 heteroatoms. The summed E-state index contributed by atoms with van der Waals surface area (Å²) in [5, 5.41) is 9.83. The summed E-state index contributed by atoms with van der Waals surface area (Å²) < 4.78 is 12.7. The third-order valence-electron chi connectivity index (χ3n) is 5.98. The quantitative estimate of drug-likeness (QED) is 0.443. The van der Waals surface area contributed by atoms with Crippen LogP contribution < -0.4 is 25.4 Å². The second-order valence-electron chi connectivity index (χ2n) is 8.30. The van der Waals surface area contributed by atoms with E-state index in [1.807, 2.05) is 49.4 Å². The van der Waals surface area contributed by atoms with Crippen LogP contribution in [0, 0.1) is 0 Å². The molecular weight excluding hydrogens is 502 g/mol. The molecule has 0 spiro atoms. The number of halogens is 1. The molecule has 2 aromatic rings. The first-order valence-corrected chi connectivity index (χ1v) is 12.3. The van der Waals surface area contributed by atoms with E-state index in [9.17, 15) is 4.79 Å². The van der Waals surface area contributed by atoms with Crippen molar-refractivity contribution in [2.45, 2.75) is 51.3 Å². The van der Waals surface area contributed by atoms with Crippen molar-refractivity contribution >= 4 is 39.2 Å². The summed E-state index contributed by atoms with van der Waals surface area (Å²) in [6.45, 7) is 2.30.